The minimum absolute atomic E-state index is 0.0601. The maximum Gasteiger partial charge on any atom is 0.272 e. The predicted molar refractivity (Wildman–Crippen MR) is 122 cm³/mol. The van der Waals surface area contributed by atoms with Gasteiger partial charge in [-0.15, -0.1) is 11.8 Å². The highest BCUT2D eigenvalue weighted by Crippen LogP contribution is 2.40. The standard InChI is InChI=1S/C24H27NO4S/c1-6-28-20-9-7-8-18(14-20)25-23(26)21(22(24(25)27)30-16(4)5)17-10-12-19(13-11-17)29-15(2)3/h7-16H,6H2,1-5H3. The van der Waals surface area contributed by atoms with Crippen LogP contribution in [-0.2, 0) is 9.59 Å². The number of carbonyl (C=O) groups is 2. The second-order valence-electron chi connectivity index (χ2n) is 7.44. The van der Waals surface area contributed by atoms with E-state index in [0.29, 0.717) is 34.1 Å². The van der Waals surface area contributed by atoms with Crippen molar-refractivity contribution in [1.29, 1.82) is 0 Å². The zero-order chi connectivity index (χ0) is 21.8. The van der Waals surface area contributed by atoms with Crippen molar-refractivity contribution in [2.45, 2.75) is 46.0 Å². The molecule has 1 heterocycles. The van der Waals surface area contributed by atoms with Crippen molar-refractivity contribution in [2.75, 3.05) is 11.5 Å². The smallest absolute Gasteiger partial charge is 0.272 e. The van der Waals surface area contributed by atoms with E-state index in [2.05, 4.69) is 0 Å². The maximum absolute atomic E-state index is 13.4. The number of amides is 2. The van der Waals surface area contributed by atoms with Gasteiger partial charge in [0.25, 0.3) is 11.8 Å². The van der Waals surface area contributed by atoms with E-state index in [1.807, 2.05) is 65.0 Å². The van der Waals surface area contributed by atoms with Gasteiger partial charge in [0.1, 0.15) is 11.5 Å². The number of ether oxygens (including phenoxy) is 2. The monoisotopic (exact) mass is 425 g/mol. The van der Waals surface area contributed by atoms with Crippen LogP contribution in [0.5, 0.6) is 11.5 Å². The summed E-state index contributed by atoms with van der Waals surface area (Å²) in [6.07, 6.45) is 0.0601. The molecule has 2 aromatic rings. The van der Waals surface area contributed by atoms with Crippen LogP contribution in [0.25, 0.3) is 5.57 Å². The van der Waals surface area contributed by atoms with Crippen LogP contribution in [0.15, 0.2) is 53.4 Å². The molecule has 158 valence electrons. The lowest BCUT2D eigenvalue weighted by Gasteiger charge is -2.16. The normalized spacial score (nSPS) is 14.3. The molecule has 0 aromatic heterocycles. The van der Waals surface area contributed by atoms with Gasteiger partial charge >= 0.3 is 0 Å². The number of imide groups is 1. The molecule has 3 rings (SSSR count). The first-order valence-corrected chi connectivity index (χ1v) is 11.0. The van der Waals surface area contributed by atoms with Crippen LogP contribution in [0, 0.1) is 0 Å². The first kappa shape index (κ1) is 22.0. The average Bonchev–Trinajstić information content (AvgIpc) is 2.92. The van der Waals surface area contributed by atoms with E-state index in [1.165, 1.54) is 16.7 Å². The van der Waals surface area contributed by atoms with E-state index >= 15 is 0 Å². The molecule has 0 saturated heterocycles. The number of nitrogens with zero attached hydrogens (tertiary/aromatic N) is 1. The summed E-state index contributed by atoms with van der Waals surface area (Å²) in [6.45, 7) is 10.3. The number of hydrogen-bond donors (Lipinski definition) is 0. The summed E-state index contributed by atoms with van der Waals surface area (Å²) in [7, 11) is 0. The zero-order valence-corrected chi connectivity index (χ0v) is 18.8. The summed E-state index contributed by atoms with van der Waals surface area (Å²) in [4.78, 5) is 28.4. The molecule has 2 aromatic carbocycles. The molecular weight excluding hydrogens is 398 g/mol. The minimum Gasteiger partial charge on any atom is -0.494 e. The van der Waals surface area contributed by atoms with Crippen LogP contribution in [0.1, 0.15) is 40.2 Å². The van der Waals surface area contributed by atoms with Crippen LogP contribution in [-0.4, -0.2) is 29.8 Å². The van der Waals surface area contributed by atoms with Crippen molar-refractivity contribution in [3.05, 3.63) is 59.0 Å². The highest BCUT2D eigenvalue weighted by Gasteiger charge is 2.40. The van der Waals surface area contributed by atoms with E-state index < -0.39 is 0 Å². The molecule has 1 aliphatic heterocycles. The minimum atomic E-state index is -0.325. The Balaban J connectivity index is 2.01. The highest BCUT2D eigenvalue weighted by molar-refractivity contribution is 8.04. The quantitative estimate of drug-likeness (QED) is 0.537. The van der Waals surface area contributed by atoms with E-state index in [0.717, 1.165) is 5.75 Å². The molecule has 0 N–H and O–H groups in total. The summed E-state index contributed by atoms with van der Waals surface area (Å²) in [5.74, 6) is 0.724. The van der Waals surface area contributed by atoms with E-state index in [4.69, 9.17) is 9.47 Å². The van der Waals surface area contributed by atoms with Gasteiger partial charge in [-0.25, -0.2) is 4.90 Å². The van der Waals surface area contributed by atoms with Crippen molar-refractivity contribution >= 4 is 34.8 Å². The number of carbonyl (C=O) groups excluding carboxylic acids is 2. The Morgan fingerprint density at radius 3 is 2.23 bits per heavy atom. The third-order valence-electron chi connectivity index (χ3n) is 4.30. The fourth-order valence-electron chi connectivity index (χ4n) is 3.20. The van der Waals surface area contributed by atoms with Gasteiger partial charge in [0.05, 0.1) is 28.9 Å². The SMILES string of the molecule is CCOc1cccc(N2C(=O)C(SC(C)C)=C(c3ccc(OC(C)C)cc3)C2=O)c1. The Kier molecular flexibility index (Phi) is 6.87. The zero-order valence-electron chi connectivity index (χ0n) is 18.0. The molecule has 30 heavy (non-hydrogen) atoms. The molecule has 0 fully saturated rings. The predicted octanol–water partition coefficient (Wildman–Crippen LogP) is 5.30. The van der Waals surface area contributed by atoms with Crippen LogP contribution < -0.4 is 14.4 Å². The van der Waals surface area contributed by atoms with Gasteiger partial charge in [-0.05, 0) is 50.6 Å². The largest absolute Gasteiger partial charge is 0.494 e. The average molecular weight is 426 g/mol. The lowest BCUT2D eigenvalue weighted by Crippen LogP contribution is -2.31. The van der Waals surface area contributed by atoms with Gasteiger partial charge in [0.2, 0.25) is 0 Å². The maximum atomic E-state index is 13.4. The summed E-state index contributed by atoms with van der Waals surface area (Å²) in [5, 5.41) is 0.157. The lowest BCUT2D eigenvalue weighted by molar-refractivity contribution is -0.119. The first-order chi connectivity index (χ1) is 14.3. The van der Waals surface area contributed by atoms with Crippen LogP contribution in [0.2, 0.25) is 0 Å². The van der Waals surface area contributed by atoms with E-state index in [1.54, 1.807) is 18.2 Å². The fraction of sp³-hybridized carbons (Fsp3) is 0.333. The molecule has 0 saturated carbocycles. The van der Waals surface area contributed by atoms with Gasteiger partial charge < -0.3 is 9.47 Å². The molecule has 0 atom stereocenters. The number of thioether (sulfide) groups is 1. The molecule has 6 heteroatoms. The van der Waals surface area contributed by atoms with Gasteiger partial charge in [0.15, 0.2) is 0 Å². The van der Waals surface area contributed by atoms with Crippen molar-refractivity contribution in [1.82, 2.24) is 0 Å². The fourth-order valence-corrected chi connectivity index (χ4v) is 4.18. The van der Waals surface area contributed by atoms with Crippen molar-refractivity contribution < 1.29 is 19.1 Å². The molecular formula is C24H27NO4S. The molecule has 0 bridgehead atoms. The van der Waals surface area contributed by atoms with Crippen LogP contribution in [0.3, 0.4) is 0 Å². The Bertz CT molecular complexity index is 963. The van der Waals surface area contributed by atoms with Crippen molar-refractivity contribution in [3.8, 4) is 11.5 Å². The Hall–Kier alpha value is -2.73. The number of rotatable bonds is 8. The molecule has 1 aliphatic rings. The molecule has 0 spiro atoms. The van der Waals surface area contributed by atoms with Crippen molar-refractivity contribution in [2.24, 2.45) is 0 Å². The van der Waals surface area contributed by atoms with Gasteiger partial charge in [-0.2, -0.15) is 0 Å². The lowest BCUT2D eigenvalue weighted by atomic mass is 10.1. The third-order valence-corrected chi connectivity index (χ3v) is 5.38. The number of anilines is 1. The Labute approximate surface area is 182 Å². The number of hydrogen-bond acceptors (Lipinski definition) is 5. The second-order valence-corrected chi connectivity index (χ2v) is 9.02. The molecule has 0 unspecified atom stereocenters. The van der Waals surface area contributed by atoms with Crippen molar-refractivity contribution in [3.63, 3.8) is 0 Å². The molecule has 0 aliphatic carbocycles. The van der Waals surface area contributed by atoms with Gasteiger partial charge in [-0.3, -0.25) is 9.59 Å². The summed E-state index contributed by atoms with van der Waals surface area (Å²) in [6, 6.07) is 14.4. The molecule has 0 radical (unpaired) electrons. The molecule has 5 nitrogen and oxygen atoms in total. The van der Waals surface area contributed by atoms with Gasteiger partial charge in [0, 0.05) is 11.3 Å². The van der Waals surface area contributed by atoms with Gasteiger partial charge in [-0.1, -0.05) is 32.0 Å². The highest BCUT2D eigenvalue weighted by atomic mass is 32.2. The summed E-state index contributed by atoms with van der Waals surface area (Å²) in [5.41, 5.74) is 1.64. The molecule has 2 amide bonds. The van der Waals surface area contributed by atoms with E-state index in [-0.39, 0.29) is 23.2 Å². The topological polar surface area (TPSA) is 55.8 Å². The van der Waals surface area contributed by atoms with Crippen LogP contribution in [0.4, 0.5) is 5.69 Å². The summed E-state index contributed by atoms with van der Waals surface area (Å²) < 4.78 is 11.2. The first-order valence-electron chi connectivity index (χ1n) is 10.1. The Morgan fingerprint density at radius 1 is 0.933 bits per heavy atom. The summed E-state index contributed by atoms with van der Waals surface area (Å²) >= 11 is 1.41. The Morgan fingerprint density at radius 2 is 1.63 bits per heavy atom. The second kappa shape index (κ2) is 9.39. The third kappa shape index (κ3) is 4.70. The van der Waals surface area contributed by atoms with Crippen LogP contribution >= 0.6 is 11.8 Å². The number of benzene rings is 2. The van der Waals surface area contributed by atoms with E-state index in [9.17, 15) is 9.59 Å².